The van der Waals surface area contributed by atoms with Crippen molar-refractivity contribution < 1.29 is 14.3 Å². The number of hydrogen-bond donors (Lipinski definition) is 3. The van der Waals surface area contributed by atoms with Gasteiger partial charge in [0.25, 0.3) is 0 Å². The molecule has 96 valence electrons. The quantitative estimate of drug-likeness (QED) is 0.787. The molecule has 0 radical (unpaired) electrons. The van der Waals surface area contributed by atoms with Gasteiger partial charge in [-0.2, -0.15) is 0 Å². The molecule has 0 bridgehead atoms. The van der Waals surface area contributed by atoms with E-state index in [9.17, 15) is 9.90 Å². The first-order chi connectivity index (χ1) is 8.58. The van der Waals surface area contributed by atoms with Crippen LogP contribution in [-0.4, -0.2) is 22.7 Å². The summed E-state index contributed by atoms with van der Waals surface area (Å²) in [6.07, 6.45) is 3.07. The van der Waals surface area contributed by atoms with E-state index in [2.05, 4.69) is 15.6 Å². The van der Waals surface area contributed by atoms with Gasteiger partial charge in [-0.3, -0.25) is 5.32 Å². The number of aliphatic hydroxyl groups is 1. The SMILES string of the molecule is CC(O)(CNC(=O)Nc1nccs1)c1ccco1. The van der Waals surface area contributed by atoms with E-state index >= 15 is 0 Å². The van der Waals surface area contributed by atoms with Crippen LogP contribution in [0.4, 0.5) is 9.93 Å². The highest BCUT2D eigenvalue weighted by Crippen LogP contribution is 2.19. The molecule has 0 saturated heterocycles. The Labute approximate surface area is 108 Å². The zero-order valence-electron chi connectivity index (χ0n) is 9.71. The third kappa shape index (κ3) is 3.08. The van der Waals surface area contributed by atoms with Crippen molar-refractivity contribution in [2.75, 3.05) is 11.9 Å². The third-order valence-corrected chi connectivity index (χ3v) is 2.99. The maximum atomic E-state index is 11.5. The number of furan rings is 1. The fourth-order valence-electron chi connectivity index (χ4n) is 1.35. The van der Waals surface area contributed by atoms with Crippen LogP contribution in [0.3, 0.4) is 0 Å². The standard InChI is InChI=1S/C11H13N3O3S/c1-11(16,8-3-2-5-17-8)7-13-9(15)14-10-12-4-6-18-10/h2-6,16H,7H2,1H3,(H2,12,13,14,15). The molecule has 0 spiro atoms. The predicted molar refractivity (Wildman–Crippen MR) is 67.4 cm³/mol. The minimum Gasteiger partial charge on any atom is -0.466 e. The Hall–Kier alpha value is -1.86. The summed E-state index contributed by atoms with van der Waals surface area (Å²) in [5, 5.41) is 17.5. The van der Waals surface area contributed by atoms with E-state index in [0.29, 0.717) is 10.9 Å². The maximum absolute atomic E-state index is 11.5. The molecule has 6 nitrogen and oxygen atoms in total. The summed E-state index contributed by atoms with van der Waals surface area (Å²) in [7, 11) is 0. The number of anilines is 1. The van der Waals surface area contributed by atoms with Gasteiger partial charge in [-0.1, -0.05) is 0 Å². The number of urea groups is 1. The average Bonchev–Trinajstić information content (AvgIpc) is 2.99. The first-order valence-electron chi connectivity index (χ1n) is 5.28. The van der Waals surface area contributed by atoms with Crippen molar-refractivity contribution in [2.45, 2.75) is 12.5 Å². The van der Waals surface area contributed by atoms with Crippen molar-refractivity contribution in [3.63, 3.8) is 0 Å². The number of carbonyl (C=O) groups is 1. The zero-order valence-corrected chi connectivity index (χ0v) is 10.5. The Morgan fingerprint density at radius 2 is 2.50 bits per heavy atom. The van der Waals surface area contributed by atoms with Gasteiger partial charge < -0.3 is 14.8 Å². The van der Waals surface area contributed by atoms with E-state index < -0.39 is 11.6 Å². The number of carbonyl (C=O) groups excluding carboxylic acids is 1. The summed E-state index contributed by atoms with van der Waals surface area (Å²) in [4.78, 5) is 15.4. The first kappa shape index (κ1) is 12.6. The molecule has 1 unspecified atom stereocenters. The fraction of sp³-hybridized carbons (Fsp3) is 0.273. The summed E-state index contributed by atoms with van der Waals surface area (Å²) >= 11 is 1.32. The lowest BCUT2D eigenvalue weighted by atomic mass is 10.0. The van der Waals surface area contributed by atoms with E-state index in [1.165, 1.54) is 17.6 Å². The Morgan fingerprint density at radius 3 is 3.11 bits per heavy atom. The molecule has 2 aromatic rings. The highest BCUT2D eigenvalue weighted by Gasteiger charge is 2.26. The fourth-order valence-corrected chi connectivity index (χ4v) is 1.87. The molecule has 0 aliphatic rings. The normalized spacial score (nSPS) is 13.9. The van der Waals surface area contributed by atoms with E-state index in [1.54, 1.807) is 30.6 Å². The lowest BCUT2D eigenvalue weighted by molar-refractivity contribution is 0.0372. The van der Waals surface area contributed by atoms with E-state index in [0.717, 1.165) is 0 Å². The number of amides is 2. The van der Waals surface area contributed by atoms with Crippen LogP contribution in [-0.2, 0) is 5.60 Å². The molecular formula is C11H13N3O3S. The summed E-state index contributed by atoms with van der Waals surface area (Å²) in [6.45, 7) is 1.60. The van der Waals surface area contributed by atoms with Crippen LogP contribution in [0, 0.1) is 0 Å². The van der Waals surface area contributed by atoms with Crippen molar-refractivity contribution in [3.05, 3.63) is 35.7 Å². The van der Waals surface area contributed by atoms with Crippen molar-refractivity contribution >= 4 is 22.5 Å². The smallest absolute Gasteiger partial charge is 0.321 e. The highest BCUT2D eigenvalue weighted by atomic mass is 32.1. The van der Waals surface area contributed by atoms with Crippen molar-refractivity contribution in [1.82, 2.24) is 10.3 Å². The van der Waals surface area contributed by atoms with Crippen LogP contribution in [0.2, 0.25) is 0 Å². The molecule has 0 fully saturated rings. The van der Waals surface area contributed by atoms with Crippen molar-refractivity contribution in [1.29, 1.82) is 0 Å². The van der Waals surface area contributed by atoms with Gasteiger partial charge in [0.1, 0.15) is 11.4 Å². The Kier molecular flexibility index (Phi) is 3.63. The van der Waals surface area contributed by atoms with Crippen LogP contribution in [0.1, 0.15) is 12.7 Å². The Morgan fingerprint density at radius 1 is 1.67 bits per heavy atom. The second-order valence-corrected chi connectivity index (χ2v) is 4.79. The van der Waals surface area contributed by atoms with Gasteiger partial charge >= 0.3 is 6.03 Å². The van der Waals surface area contributed by atoms with Crippen molar-refractivity contribution in [3.8, 4) is 0 Å². The topological polar surface area (TPSA) is 87.4 Å². The largest absolute Gasteiger partial charge is 0.466 e. The van der Waals surface area contributed by atoms with Gasteiger partial charge in [0.05, 0.1) is 12.8 Å². The van der Waals surface area contributed by atoms with Gasteiger partial charge in [0.2, 0.25) is 0 Å². The second-order valence-electron chi connectivity index (χ2n) is 3.90. The van der Waals surface area contributed by atoms with Crippen LogP contribution in [0.15, 0.2) is 34.4 Å². The molecule has 2 rings (SSSR count). The number of thiazole rings is 1. The lowest BCUT2D eigenvalue weighted by Gasteiger charge is -2.20. The van der Waals surface area contributed by atoms with Crippen LogP contribution in [0.25, 0.3) is 0 Å². The van der Waals surface area contributed by atoms with Crippen molar-refractivity contribution in [2.24, 2.45) is 0 Å². The molecule has 2 heterocycles. The molecule has 7 heteroatoms. The van der Waals surface area contributed by atoms with Gasteiger partial charge in [0.15, 0.2) is 5.13 Å². The molecule has 2 aromatic heterocycles. The monoisotopic (exact) mass is 267 g/mol. The minimum atomic E-state index is -1.25. The zero-order chi connectivity index (χ0) is 13.0. The highest BCUT2D eigenvalue weighted by molar-refractivity contribution is 7.13. The Balaban J connectivity index is 1.86. The number of nitrogens with zero attached hydrogens (tertiary/aromatic N) is 1. The molecule has 3 N–H and O–H groups in total. The summed E-state index contributed by atoms with van der Waals surface area (Å²) in [6, 6.07) is 2.91. The van der Waals surface area contributed by atoms with Gasteiger partial charge in [-0.25, -0.2) is 9.78 Å². The maximum Gasteiger partial charge on any atom is 0.321 e. The third-order valence-electron chi connectivity index (χ3n) is 2.30. The summed E-state index contributed by atoms with van der Waals surface area (Å²) < 4.78 is 5.10. The van der Waals surface area contributed by atoms with Crippen LogP contribution >= 0.6 is 11.3 Å². The lowest BCUT2D eigenvalue weighted by Crippen LogP contribution is -2.40. The molecule has 0 saturated carbocycles. The van der Waals surface area contributed by atoms with Gasteiger partial charge in [-0.15, -0.1) is 11.3 Å². The number of nitrogens with one attached hydrogen (secondary N) is 2. The van der Waals surface area contributed by atoms with E-state index in [4.69, 9.17) is 4.42 Å². The Bertz CT molecular complexity index is 494. The van der Waals surface area contributed by atoms with E-state index in [1.807, 2.05) is 0 Å². The molecule has 0 aromatic carbocycles. The summed E-state index contributed by atoms with van der Waals surface area (Å²) in [5.74, 6) is 0.400. The van der Waals surface area contributed by atoms with Crippen LogP contribution < -0.4 is 10.6 Å². The van der Waals surface area contributed by atoms with E-state index in [-0.39, 0.29) is 6.54 Å². The summed E-state index contributed by atoms with van der Waals surface area (Å²) in [5.41, 5.74) is -1.25. The minimum absolute atomic E-state index is 0.0394. The van der Waals surface area contributed by atoms with Gasteiger partial charge in [-0.05, 0) is 19.1 Å². The molecule has 0 aliphatic carbocycles. The number of aromatic nitrogens is 1. The molecule has 18 heavy (non-hydrogen) atoms. The molecule has 1 atom stereocenters. The second kappa shape index (κ2) is 5.19. The molecule has 0 aliphatic heterocycles. The number of hydrogen-bond acceptors (Lipinski definition) is 5. The molecule has 2 amide bonds. The van der Waals surface area contributed by atoms with Crippen LogP contribution in [0.5, 0.6) is 0 Å². The average molecular weight is 267 g/mol. The molecular weight excluding hydrogens is 254 g/mol. The first-order valence-corrected chi connectivity index (χ1v) is 6.16. The predicted octanol–water partition coefficient (Wildman–Crippen LogP) is 1.77. The van der Waals surface area contributed by atoms with Gasteiger partial charge in [0, 0.05) is 11.6 Å². The number of rotatable bonds is 4.